The first kappa shape index (κ1) is 9.13. The summed E-state index contributed by atoms with van der Waals surface area (Å²) in [7, 11) is 1.35. The quantitative estimate of drug-likeness (QED) is 0.514. The van der Waals surface area contributed by atoms with Crippen molar-refractivity contribution in [3.63, 3.8) is 0 Å². The highest BCUT2D eigenvalue weighted by molar-refractivity contribution is 6.18. The van der Waals surface area contributed by atoms with E-state index in [2.05, 4.69) is 10.1 Å². The lowest BCUT2D eigenvalue weighted by Crippen LogP contribution is -2.27. The Morgan fingerprint density at radius 2 is 2.58 bits per heavy atom. The van der Waals surface area contributed by atoms with Crippen LogP contribution in [0.4, 0.5) is 0 Å². The highest BCUT2D eigenvalue weighted by atomic mass is 35.5. The lowest BCUT2D eigenvalue weighted by atomic mass is 10.1. The second kappa shape index (κ2) is 4.16. The van der Waals surface area contributed by atoms with E-state index in [1.165, 1.54) is 7.11 Å². The third kappa shape index (κ3) is 2.01. The maximum atomic E-state index is 10.9. The van der Waals surface area contributed by atoms with E-state index in [4.69, 9.17) is 11.6 Å². The molecule has 1 rings (SSSR count). The Morgan fingerprint density at radius 1 is 1.83 bits per heavy atom. The zero-order valence-electron chi connectivity index (χ0n) is 6.71. The van der Waals surface area contributed by atoms with Gasteiger partial charge in [-0.05, 0) is 6.08 Å². The largest absolute Gasteiger partial charge is 0.465 e. The van der Waals surface area contributed by atoms with Gasteiger partial charge in [0.15, 0.2) is 0 Å². The van der Waals surface area contributed by atoms with Gasteiger partial charge in [0.25, 0.3) is 0 Å². The molecule has 1 heterocycles. The lowest BCUT2D eigenvalue weighted by molar-refractivity contribution is -0.135. The maximum Gasteiger partial charge on any atom is 0.339 e. The highest BCUT2D eigenvalue weighted by Crippen LogP contribution is 2.06. The number of carbonyl (C=O) groups is 1. The molecular weight excluding hydrogens is 178 g/mol. The van der Waals surface area contributed by atoms with E-state index < -0.39 is 0 Å². The third-order valence-electron chi connectivity index (χ3n) is 1.55. The van der Waals surface area contributed by atoms with Crippen LogP contribution in [-0.2, 0) is 9.53 Å². The number of rotatable bonds is 2. The van der Waals surface area contributed by atoms with Crippen molar-refractivity contribution in [3.05, 3.63) is 23.9 Å². The number of hydrogen-bond donors (Lipinski definition) is 1. The van der Waals surface area contributed by atoms with Gasteiger partial charge in [-0.15, -0.1) is 11.6 Å². The molecule has 0 spiro atoms. The van der Waals surface area contributed by atoms with E-state index in [9.17, 15) is 4.79 Å². The Morgan fingerprint density at radius 3 is 3.00 bits per heavy atom. The summed E-state index contributed by atoms with van der Waals surface area (Å²) in [6, 6.07) is 0.111. The minimum absolute atomic E-state index is 0.111. The van der Waals surface area contributed by atoms with E-state index >= 15 is 0 Å². The Labute approximate surface area is 76.0 Å². The Balaban J connectivity index is 2.57. The highest BCUT2D eigenvalue weighted by Gasteiger charge is 2.11. The molecule has 0 aromatic heterocycles. The van der Waals surface area contributed by atoms with Gasteiger partial charge in [-0.1, -0.05) is 6.08 Å². The SMILES string of the molecule is COC(=O)C1=CNC(CCl)C=C1. The van der Waals surface area contributed by atoms with Gasteiger partial charge >= 0.3 is 5.97 Å². The van der Waals surface area contributed by atoms with Crippen LogP contribution in [0.3, 0.4) is 0 Å². The van der Waals surface area contributed by atoms with Gasteiger partial charge in [0, 0.05) is 12.1 Å². The first-order valence-corrected chi connectivity index (χ1v) is 4.10. The second-order valence-electron chi connectivity index (χ2n) is 2.38. The summed E-state index contributed by atoms with van der Waals surface area (Å²) in [6.45, 7) is 0. The molecule has 0 aromatic carbocycles. The van der Waals surface area contributed by atoms with Gasteiger partial charge in [0.1, 0.15) is 0 Å². The van der Waals surface area contributed by atoms with Gasteiger partial charge in [-0.2, -0.15) is 0 Å². The van der Waals surface area contributed by atoms with E-state index in [1.807, 2.05) is 6.08 Å². The fourth-order valence-electron chi connectivity index (χ4n) is 0.861. The van der Waals surface area contributed by atoms with Crippen LogP contribution in [0.15, 0.2) is 23.9 Å². The maximum absolute atomic E-state index is 10.9. The summed E-state index contributed by atoms with van der Waals surface area (Å²) in [5, 5.41) is 2.95. The molecule has 0 radical (unpaired) electrons. The van der Waals surface area contributed by atoms with E-state index in [-0.39, 0.29) is 12.0 Å². The van der Waals surface area contributed by atoms with Crippen molar-refractivity contribution in [2.45, 2.75) is 6.04 Å². The van der Waals surface area contributed by atoms with Crippen molar-refractivity contribution in [2.24, 2.45) is 0 Å². The van der Waals surface area contributed by atoms with Crippen LogP contribution >= 0.6 is 11.6 Å². The van der Waals surface area contributed by atoms with Crippen LogP contribution in [-0.4, -0.2) is 25.0 Å². The van der Waals surface area contributed by atoms with Gasteiger partial charge in [0.2, 0.25) is 0 Å². The van der Waals surface area contributed by atoms with Crippen molar-refractivity contribution < 1.29 is 9.53 Å². The predicted molar refractivity (Wildman–Crippen MR) is 46.9 cm³/mol. The Hall–Kier alpha value is -0.960. The zero-order valence-corrected chi connectivity index (χ0v) is 7.47. The standard InChI is InChI=1S/C8H10ClNO2/c1-12-8(11)6-2-3-7(4-9)10-5-6/h2-3,5,7,10H,4H2,1H3. The normalized spacial score (nSPS) is 21.2. The summed E-state index contributed by atoms with van der Waals surface area (Å²) in [4.78, 5) is 10.9. The first-order valence-electron chi connectivity index (χ1n) is 3.56. The van der Waals surface area contributed by atoms with Crippen molar-refractivity contribution in [1.82, 2.24) is 5.32 Å². The van der Waals surface area contributed by atoms with Crippen LogP contribution in [0.1, 0.15) is 0 Å². The molecule has 0 aromatic rings. The molecule has 1 N–H and O–H groups in total. The summed E-state index contributed by atoms with van der Waals surface area (Å²) >= 11 is 5.58. The molecule has 0 fully saturated rings. The van der Waals surface area contributed by atoms with Crippen molar-refractivity contribution in [1.29, 1.82) is 0 Å². The van der Waals surface area contributed by atoms with E-state index in [1.54, 1.807) is 12.3 Å². The van der Waals surface area contributed by atoms with Crippen molar-refractivity contribution >= 4 is 17.6 Å². The van der Waals surface area contributed by atoms with Gasteiger partial charge in [-0.3, -0.25) is 0 Å². The van der Waals surface area contributed by atoms with E-state index in [0.29, 0.717) is 11.5 Å². The van der Waals surface area contributed by atoms with E-state index in [0.717, 1.165) is 0 Å². The Kier molecular flexibility index (Phi) is 3.17. The summed E-state index contributed by atoms with van der Waals surface area (Å²) in [5.41, 5.74) is 0.513. The van der Waals surface area contributed by atoms with Crippen LogP contribution in [0, 0.1) is 0 Å². The molecule has 66 valence electrons. The smallest absolute Gasteiger partial charge is 0.339 e. The molecule has 1 aliphatic rings. The first-order chi connectivity index (χ1) is 5.77. The predicted octanol–water partition coefficient (Wildman–Crippen LogP) is 0.810. The van der Waals surface area contributed by atoms with Gasteiger partial charge in [-0.25, -0.2) is 4.79 Å². The number of methoxy groups -OCH3 is 1. The minimum Gasteiger partial charge on any atom is -0.465 e. The number of carbonyl (C=O) groups excluding carboxylic acids is 1. The number of alkyl halides is 1. The molecule has 1 aliphatic heterocycles. The second-order valence-corrected chi connectivity index (χ2v) is 2.69. The van der Waals surface area contributed by atoms with Crippen LogP contribution < -0.4 is 5.32 Å². The molecule has 0 aliphatic carbocycles. The topological polar surface area (TPSA) is 38.3 Å². The fourth-order valence-corrected chi connectivity index (χ4v) is 1.05. The average Bonchev–Trinajstić information content (AvgIpc) is 2.17. The van der Waals surface area contributed by atoms with Crippen LogP contribution in [0.5, 0.6) is 0 Å². The average molecular weight is 188 g/mol. The number of hydrogen-bond acceptors (Lipinski definition) is 3. The number of nitrogens with one attached hydrogen (secondary N) is 1. The molecule has 0 saturated heterocycles. The molecule has 0 saturated carbocycles. The van der Waals surface area contributed by atoms with Crippen LogP contribution in [0.25, 0.3) is 0 Å². The number of halogens is 1. The number of dihydropyridines is 1. The summed E-state index contributed by atoms with van der Waals surface area (Å²) in [6.07, 6.45) is 5.15. The monoisotopic (exact) mass is 187 g/mol. The summed E-state index contributed by atoms with van der Waals surface area (Å²) in [5.74, 6) is 0.147. The lowest BCUT2D eigenvalue weighted by Gasteiger charge is -2.14. The molecule has 1 unspecified atom stereocenters. The molecule has 0 bridgehead atoms. The third-order valence-corrected chi connectivity index (χ3v) is 1.88. The molecule has 1 atom stereocenters. The van der Waals surface area contributed by atoms with Gasteiger partial charge in [0.05, 0.1) is 18.7 Å². The fraction of sp³-hybridized carbons (Fsp3) is 0.375. The molecule has 0 amide bonds. The number of esters is 1. The van der Waals surface area contributed by atoms with Crippen molar-refractivity contribution in [2.75, 3.05) is 13.0 Å². The minimum atomic E-state index is -0.341. The molecular formula is C8H10ClNO2. The zero-order chi connectivity index (χ0) is 8.97. The Bertz CT molecular complexity index is 235. The number of ether oxygens (including phenoxy) is 1. The van der Waals surface area contributed by atoms with Crippen LogP contribution in [0.2, 0.25) is 0 Å². The molecule has 12 heavy (non-hydrogen) atoms. The summed E-state index contributed by atoms with van der Waals surface area (Å²) < 4.78 is 4.53. The van der Waals surface area contributed by atoms with Gasteiger partial charge < -0.3 is 10.1 Å². The molecule has 3 nitrogen and oxygen atoms in total. The molecule has 4 heteroatoms. The van der Waals surface area contributed by atoms with Crippen molar-refractivity contribution in [3.8, 4) is 0 Å².